The summed E-state index contributed by atoms with van der Waals surface area (Å²) in [7, 11) is 0. The number of nitrogens with zero attached hydrogens (tertiary/aromatic N) is 1. The van der Waals surface area contributed by atoms with Gasteiger partial charge in [-0.15, -0.1) is 0 Å². The quantitative estimate of drug-likeness (QED) is 0.470. The summed E-state index contributed by atoms with van der Waals surface area (Å²) >= 11 is 0. The Balaban J connectivity index is 2.40. The zero-order valence-corrected chi connectivity index (χ0v) is 11.9. The standard InChI is InChI=1S/C15H18NO4/c1-4-19-13(17)12-11(15(2,3)20-14(12)18)10-16-8-6-5-7-9-16/h5-9H,4,10H2,1-3H3/q+1. The van der Waals surface area contributed by atoms with E-state index in [9.17, 15) is 9.59 Å². The van der Waals surface area contributed by atoms with Gasteiger partial charge in [0.1, 0.15) is 5.60 Å². The Morgan fingerprint density at radius 2 is 1.95 bits per heavy atom. The Morgan fingerprint density at radius 1 is 1.30 bits per heavy atom. The molecule has 1 aliphatic heterocycles. The SMILES string of the molecule is CCOC(=O)C1=C(C[n+]2ccccc2)C(C)(C)OC1=O. The Bertz CT molecular complexity index is 560. The van der Waals surface area contributed by atoms with Crippen LogP contribution in [0.25, 0.3) is 0 Å². The van der Waals surface area contributed by atoms with Gasteiger partial charge in [0.2, 0.25) is 0 Å². The Labute approximate surface area is 117 Å². The molecule has 0 saturated heterocycles. The fourth-order valence-corrected chi connectivity index (χ4v) is 2.17. The second-order valence-corrected chi connectivity index (χ2v) is 5.02. The molecule has 5 nitrogen and oxygen atoms in total. The molecular weight excluding hydrogens is 258 g/mol. The summed E-state index contributed by atoms with van der Waals surface area (Å²) in [6.45, 7) is 5.89. The van der Waals surface area contributed by atoms with Gasteiger partial charge in [0, 0.05) is 12.1 Å². The first-order chi connectivity index (χ1) is 9.45. The van der Waals surface area contributed by atoms with E-state index in [1.807, 2.05) is 35.2 Å². The lowest BCUT2D eigenvalue weighted by Gasteiger charge is -2.19. The number of hydrogen-bond donors (Lipinski definition) is 0. The van der Waals surface area contributed by atoms with Crippen molar-refractivity contribution in [1.82, 2.24) is 0 Å². The van der Waals surface area contributed by atoms with Gasteiger partial charge in [-0.05, 0) is 20.8 Å². The van der Waals surface area contributed by atoms with Crippen LogP contribution in [0.1, 0.15) is 20.8 Å². The molecule has 0 bridgehead atoms. The van der Waals surface area contributed by atoms with Gasteiger partial charge in [0.15, 0.2) is 24.5 Å². The molecule has 0 spiro atoms. The molecule has 0 radical (unpaired) electrons. The summed E-state index contributed by atoms with van der Waals surface area (Å²) in [5, 5.41) is 0. The molecule has 1 aromatic heterocycles. The maximum absolute atomic E-state index is 12.0. The minimum Gasteiger partial charge on any atom is -0.462 e. The molecule has 1 aromatic rings. The number of esters is 2. The Kier molecular flexibility index (Phi) is 3.88. The third kappa shape index (κ3) is 2.71. The number of rotatable bonds is 4. The van der Waals surface area contributed by atoms with Gasteiger partial charge in [-0.2, -0.15) is 0 Å². The molecule has 0 saturated carbocycles. The van der Waals surface area contributed by atoms with Crippen molar-refractivity contribution in [3.8, 4) is 0 Å². The Hall–Kier alpha value is -2.17. The van der Waals surface area contributed by atoms with Crippen LogP contribution >= 0.6 is 0 Å². The predicted octanol–water partition coefficient (Wildman–Crippen LogP) is 1.17. The topological polar surface area (TPSA) is 56.5 Å². The molecule has 5 heteroatoms. The first-order valence-corrected chi connectivity index (χ1v) is 6.54. The average Bonchev–Trinajstić information content (AvgIpc) is 2.60. The van der Waals surface area contributed by atoms with E-state index in [4.69, 9.17) is 9.47 Å². The fraction of sp³-hybridized carbons (Fsp3) is 0.400. The van der Waals surface area contributed by atoms with Crippen LogP contribution in [-0.4, -0.2) is 24.1 Å². The molecule has 0 amide bonds. The largest absolute Gasteiger partial charge is 0.462 e. The van der Waals surface area contributed by atoms with Gasteiger partial charge in [0.05, 0.1) is 12.2 Å². The van der Waals surface area contributed by atoms with Gasteiger partial charge < -0.3 is 9.47 Å². The zero-order chi connectivity index (χ0) is 14.8. The van der Waals surface area contributed by atoms with Crippen LogP contribution in [0.5, 0.6) is 0 Å². The van der Waals surface area contributed by atoms with Crippen LogP contribution in [0.2, 0.25) is 0 Å². The zero-order valence-electron chi connectivity index (χ0n) is 11.9. The van der Waals surface area contributed by atoms with Crippen LogP contribution in [-0.2, 0) is 25.6 Å². The molecule has 2 heterocycles. The van der Waals surface area contributed by atoms with Crippen LogP contribution in [0.3, 0.4) is 0 Å². The van der Waals surface area contributed by atoms with Crippen molar-refractivity contribution in [2.75, 3.05) is 6.61 Å². The molecule has 0 aliphatic carbocycles. The molecule has 20 heavy (non-hydrogen) atoms. The van der Waals surface area contributed by atoms with E-state index in [-0.39, 0.29) is 12.2 Å². The van der Waals surface area contributed by atoms with Crippen LogP contribution in [0.15, 0.2) is 41.7 Å². The van der Waals surface area contributed by atoms with E-state index >= 15 is 0 Å². The maximum atomic E-state index is 12.0. The van der Waals surface area contributed by atoms with Crippen LogP contribution in [0, 0.1) is 0 Å². The van der Waals surface area contributed by atoms with E-state index < -0.39 is 17.5 Å². The number of hydrogen-bond acceptors (Lipinski definition) is 4. The molecule has 0 fully saturated rings. The number of ether oxygens (including phenoxy) is 2. The summed E-state index contributed by atoms with van der Waals surface area (Å²) < 4.78 is 12.1. The fourth-order valence-electron chi connectivity index (χ4n) is 2.17. The normalized spacial score (nSPS) is 17.1. The number of pyridine rings is 1. The minimum absolute atomic E-state index is 0.0215. The number of carbonyl (C=O) groups excluding carboxylic acids is 2. The Morgan fingerprint density at radius 3 is 2.55 bits per heavy atom. The highest BCUT2D eigenvalue weighted by molar-refractivity contribution is 6.16. The van der Waals surface area contributed by atoms with Crippen molar-refractivity contribution in [3.63, 3.8) is 0 Å². The third-order valence-corrected chi connectivity index (χ3v) is 3.18. The number of aromatic nitrogens is 1. The van der Waals surface area contributed by atoms with E-state index in [2.05, 4.69) is 0 Å². The molecule has 106 valence electrons. The molecule has 0 aromatic carbocycles. The first-order valence-electron chi connectivity index (χ1n) is 6.54. The molecule has 0 unspecified atom stereocenters. The summed E-state index contributed by atoms with van der Waals surface area (Å²) in [5.41, 5.74) is -0.146. The molecular formula is C15H18NO4+. The molecule has 0 N–H and O–H groups in total. The maximum Gasteiger partial charge on any atom is 0.346 e. The van der Waals surface area contributed by atoms with E-state index in [0.29, 0.717) is 12.1 Å². The van der Waals surface area contributed by atoms with E-state index in [1.54, 1.807) is 20.8 Å². The van der Waals surface area contributed by atoms with Crippen molar-refractivity contribution in [2.24, 2.45) is 0 Å². The van der Waals surface area contributed by atoms with Crippen molar-refractivity contribution in [2.45, 2.75) is 32.9 Å². The average molecular weight is 276 g/mol. The highest BCUT2D eigenvalue weighted by Gasteiger charge is 2.45. The summed E-state index contributed by atoms with van der Waals surface area (Å²) in [5.74, 6) is -1.23. The van der Waals surface area contributed by atoms with Gasteiger partial charge in [-0.1, -0.05) is 6.07 Å². The monoisotopic (exact) mass is 276 g/mol. The van der Waals surface area contributed by atoms with Gasteiger partial charge in [0.25, 0.3) is 0 Å². The minimum atomic E-state index is -0.804. The van der Waals surface area contributed by atoms with Gasteiger partial charge in [-0.3, -0.25) is 0 Å². The smallest absolute Gasteiger partial charge is 0.346 e. The second kappa shape index (κ2) is 5.45. The lowest BCUT2D eigenvalue weighted by molar-refractivity contribution is -0.689. The van der Waals surface area contributed by atoms with Crippen molar-refractivity contribution < 1.29 is 23.6 Å². The number of carbonyl (C=O) groups is 2. The lowest BCUT2D eigenvalue weighted by Crippen LogP contribution is -2.38. The second-order valence-electron chi connectivity index (χ2n) is 5.02. The van der Waals surface area contributed by atoms with Crippen LogP contribution in [0.4, 0.5) is 0 Å². The number of cyclic esters (lactones) is 1. The lowest BCUT2D eigenvalue weighted by atomic mass is 9.95. The summed E-state index contributed by atoms with van der Waals surface area (Å²) in [6.07, 6.45) is 3.74. The molecule has 1 aliphatic rings. The van der Waals surface area contributed by atoms with Crippen molar-refractivity contribution in [1.29, 1.82) is 0 Å². The van der Waals surface area contributed by atoms with Gasteiger partial charge in [-0.25, -0.2) is 14.2 Å². The van der Waals surface area contributed by atoms with Gasteiger partial charge >= 0.3 is 11.9 Å². The third-order valence-electron chi connectivity index (χ3n) is 3.18. The van der Waals surface area contributed by atoms with Crippen molar-refractivity contribution in [3.05, 3.63) is 41.7 Å². The van der Waals surface area contributed by atoms with E-state index in [1.165, 1.54) is 0 Å². The first kappa shape index (κ1) is 14.2. The highest BCUT2D eigenvalue weighted by atomic mass is 16.6. The van der Waals surface area contributed by atoms with E-state index in [0.717, 1.165) is 0 Å². The summed E-state index contributed by atoms with van der Waals surface area (Å²) in [4.78, 5) is 23.9. The molecule has 2 rings (SSSR count). The molecule has 0 atom stereocenters. The predicted molar refractivity (Wildman–Crippen MR) is 70.5 cm³/mol. The van der Waals surface area contributed by atoms with Crippen LogP contribution < -0.4 is 4.57 Å². The highest BCUT2D eigenvalue weighted by Crippen LogP contribution is 2.33. The van der Waals surface area contributed by atoms with Crippen molar-refractivity contribution >= 4 is 11.9 Å². The summed E-state index contributed by atoms with van der Waals surface area (Å²) in [6, 6.07) is 5.67.